The Balaban J connectivity index is 2.47. The van der Waals surface area contributed by atoms with E-state index in [1.54, 1.807) is 24.4 Å². The summed E-state index contributed by atoms with van der Waals surface area (Å²) in [6.45, 7) is 1.74. The smallest absolute Gasteiger partial charge is 0.178 e. The zero-order chi connectivity index (χ0) is 11.5. The number of hydrogen-bond donors (Lipinski definition) is 1. The maximum Gasteiger partial charge on any atom is 0.178 e. The zero-order valence-corrected chi connectivity index (χ0v) is 9.44. The molecular weight excluding hydrogens is 226 g/mol. The predicted octanol–water partition coefficient (Wildman–Crippen LogP) is 1.99. The Morgan fingerprint density at radius 2 is 2.12 bits per heavy atom. The predicted molar refractivity (Wildman–Crippen MR) is 60.9 cm³/mol. The molecule has 2 aromatic rings. The van der Waals surface area contributed by atoms with Gasteiger partial charge in [-0.25, -0.2) is 9.97 Å². The Morgan fingerprint density at radius 3 is 2.75 bits per heavy atom. The molecule has 0 unspecified atom stereocenters. The average Bonchev–Trinajstić information content (AvgIpc) is 2.29. The maximum atomic E-state index is 9.05. The molecule has 0 saturated heterocycles. The van der Waals surface area contributed by atoms with Gasteiger partial charge in [-0.15, -0.1) is 0 Å². The number of aliphatic hydroxyl groups excluding tert-OH is 1. The van der Waals surface area contributed by atoms with E-state index in [1.807, 2.05) is 6.92 Å². The maximum absolute atomic E-state index is 9.05. The first-order valence-electron chi connectivity index (χ1n) is 4.76. The summed E-state index contributed by atoms with van der Waals surface area (Å²) in [6, 6.07) is 5.21. The highest BCUT2D eigenvalue weighted by atomic mass is 35.5. The molecule has 0 aliphatic carbocycles. The summed E-state index contributed by atoms with van der Waals surface area (Å²) in [5.41, 5.74) is 2.02. The van der Waals surface area contributed by atoms with E-state index in [9.17, 15) is 0 Å². The van der Waals surface area contributed by atoms with Crippen molar-refractivity contribution in [2.75, 3.05) is 0 Å². The van der Waals surface area contributed by atoms with Gasteiger partial charge in [-0.05, 0) is 25.1 Å². The largest absolute Gasteiger partial charge is 0.390 e. The summed E-state index contributed by atoms with van der Waals surface area (Å²) in [7, 11) is 0. The molecule has 0 saturated carbocycles. The summed E-state index contributed by atoms with van der Waals surface area (Å²) in [6.07, 6.45) is 1.54. The first kappa shape index (κ1) is 11.0. The van der Waals surface area contributed by atoms with Gasteiger partial charge in [0.1, 0.15) is 5.69 Å². The van der Waals surface area contributed by atoms with Crippen molar-refractivity contribution in [1.82, 2.24) is 15.0 Å². The van der Waals surface area contributed by atoms with E-state index < -0.39 is 0 Å². The van der Waals surface area contributed by atoms with Gasteiger partial charge in [0.2, 0.25) is 0 Å². The van der Waals surface area contributed by atoms with Crippen LogP contribution < -0.4 is 0 Å². The van der Waals surface area contributed by atoms with Crippen LogP contribution in [0.4, 0.5) is 0 Å². The molecule has 1 N–H and O–H groups in total. The Bertz CT molecular complexity index is 499. The molecule has 0 aliphatic heterocycles. The molecule has 0 aliphatic rings. The van der Waals surface area contributed by atoms with E-state index in [1.165, 1.54) is 0 Å². The number of nitrogens with zero attached hydrogens (tertiary/aromatic N) is 3. The van der Waals surface area contributed by atoms with Crippen LogP contribution >= 0.6 is 11.6 Å². The Labute approximate surface area is 98.0 Å². The van der Waals surface area contributed by atoms with Crippen molar-refractivity contribution in [2.45, 2.75) is 13.5 Å². The lowest BCUT2D eigenvalue weighted by Gasteiger charge is -2.03. The van der Waals surface area contributed by atoms with Crippen molar-refractivity contribution in [3.05, 3.63) is 40.8 Å². The van der Waals surface area contributed by atoms with E-state index in [2.05, 4.69) is 15.0 Å². The van der Waals surface area contributed by atoms with Gasteiger partial charge in [0.05, 0.1) is 17.3 Å². The third-order valence-electron chi connectivity index (χ3n) is 2.03. The highest BCUT2D eigenvalue weighted by molar-refractivity contribution is 6.30. The van der Waals surface area contributed by atoms with Crippen LogP contribution in [-0.2, 0) is 6.61 Å². The minimum Gasteiger partial charge on any atom is -0.390 e. The fourth-order valence-corrected chi connectivity index (χ4v) is 1.45. The summed E-state index contributed by atoms with van der Waals surface area (Å²) in [5.74, 6) is 0.501. The van der Waals surface area contributed by atoms with Crippen LogP contribution in [0.25, 0.3) is 11.5 Å². The number of halogens is 1. The first-order chi connectivity index (χ1) is 7.69. The van der Waals surface area contributed by atoms with Gasteiger partial charge in [0.25, 0.3) is 0 Å². The molecule has 0 amide bonds. The second kappa shape index (κ2) is 4.55. The van der Waals surface area contributed by atoms with E-state index >= 15 is 0 Å². The molecule has 0 atom stereocenters. The quantitative estimate of drug-likeness (QED) is 0.865. The lowest BCUT2D eigenvalue weighted by atomic mass is 10.3. The Kier molecular flexibility index (Phi) is 3.12. The number of hydrogen-bond acceptors (Lipinski definition) is 4. The average molecular weight is 236 g/mol. The minimum absolute atomic E-state index is 0.107. The molecule has 0 bridgehead atoms. The van der Waals surface area contributed by atoms with Gasteiger partial charge in [-0.2, -0.15) is 0 Å². The van der Waals surface area contributed by atoms with Gasteiger partial charge < -0.3 is 5.11 Å². The highest BCUT2D eigenvalue weighted by Gasteiger charge is 2.05. The number of pyridine rings is 1. The molecule has 5 heteroatoms. The van der Waals surface area contributed by atoms with Gasteiger partial charge in [0.15, 0.2) is 5.82 Å². The second-order valence-corrected chi connectivity index (χ2v) is 3.78. The lowest BCUT2D eigenvalue weighted by molar-refractivity contribution is 0.276. The molecule has 0 spiro atoms. The van der Waals surface area contributed by atoms with Crippen LogP contribution in [0, 0.1) is 6.92 Å². The van der Waals surface area contributed by atoms with Crippen LogP contribution in [0.5, 0.6) is 0 Å². The van der Waals surface area contributed by atoms with Crippen molar-refractivity contribution in [3.63, 3.8) is 0 Å². The molecule has 2 rings (SSSR count). The zero-order valence-electron chi connectivity index (χ0n) is 8.68. The fraction of sp³-hybridized carbons (Fsp3) is 0.182. The molecule has 4 nitrogen and oxygen atoms in total. The highest BCUT2D eigenvalue weighted by Crippen LogP contribution is 2.15. The summed E-state index contributed by atoms with van der Waals surface area (Å²) < 4.78 is 0. The van der Waals surface area contributed by atoms with E-state index in [4.69, 9.17) is 16.7 Å². The van der Waals surface area contributed by atoms with Crippen molar-refractivity contribution < 1.29 is 5.11 Å². The van der Waals surface area contributed by atoms with Crippen LogP contribution in [0.1, 0.15) is 11.4 Å². The van der Waals surface area contributed by atoms with Gasteiger partial charge in [-0.1, -0.05) is 11.6 Å². The molecule has 0 fully saturated rings. The van der Waals surface area contributed by atoms with Crippen LogP contribution in [0.15, 0.2) is 24.4 Å². The van der Waals surface area contributed by atoms with Crippen molar-refractivity contribution in [3.8, 4) is 11.5 Å². The van der Waals surface area contributed by atoms with Gasteiger partial charge >= 0.3 is 0 Å². The van der Waals surface area contributed by atoms with Crippen molar-refractivity contribution >= 4 is 11.6 Å². The Morgan fingerprint density at radius 1 is 1.31 bits per heavy atom. The first-order valence-corrected chi connectivity index (χ1v) is 5.14. The van der Waals surface area contributed by atoms with E-state index in [0.717, 1.165) is 5.69 Å². The molecule has 2 aromatic heterocycles. The Hall–Kier alpha value is -1.52. The minimum atomic E-state index is -0.107. The topological polar surface area (TPSA) is 58.9 Å². The van der Waals surface area contributed by atoms with Crippen LogP contribution in [0.3, 0.4) is 0 Å². The van der Waals surface area contributed by atoms with Gasteiger partial charge in [-0.3, -0.25) is 4.98 Å². The van der Waals surface area contributed by atoms with Crippen LogP contribution in [-0.4, -0.2) is 20.1 Å². The molecule has 82 valence electrons. The molecular formula is C11H10ClN3O. The van der Waals surface area contributed by atoms with E-state index in [-0.39, 0.29) is 6.61 Å². The molecule has 2 heterocycles. The third kappa shape index (κ3) is 2.35. The third-order valence-corrected chi connectivity index (χ3v) is 2.25. The lowest BCUT2D eigenvalue weighted by Crippen LogP contribution is -1.98. The van der Waals surface area contributed by atoms with Gasteiger partial charge in [0, 0.05) is 11.9 Å². The standard InChI is InChI=1S/C11H10ClN3O/c1-7-4-9(6-16)15-11(14-7)10-3-2-8(12)5-13-10/h2-5,16H,6H2,1H3. The summed E-state index contributed by atoms with van der Waals surface area (Å²) in [4.78, 5) is 12.6. The summed E-state index contributed by atoms with van der Waals surface area (Å²) >= 11 is 5.75. The molecule has 0 aromatic carbocycles. The van der Waals surface area contributed by atoms with E-state index in [0.29, 0.717) is 22.2 Å². The normalized spacial score (nSPS) is 10.4. The number of aliphatic hydroxyl groups is 1. The van der Waals surface area contributed by atoms with Crippen molar-refractivity contribution in [1.29, 1.82) is 0 Å². The number of rotatable bonds is 2. The molecule has 0 radical (unpaired) electrons. The SMILES string of the molecule is Cc1cc(CO)nc(-c2ccc(Cl)cn2)n1. The number of aryl methyl sites for hydroxylation is 1. The molecule has 16 heavy (non-hydrogen) atoms. The monoisotopic (exact) mass is 235 g/mol. The second-order valence-electron chi connectivity index (χ2n) is 3.34. The fourth-order valence-electron chi connectivity index (χ4n) is 1.34. The van der Waals surface area contributed by atoms with Crippen molar-refractivity contribution in [2.24, 2.45) is 0 Å². The van der Waals surface area contributed by atoms with Crippen LogP contribution in [0.2, 0.25) is 5.02 Å². The number of aromatic nitrogens is 3. The summed E-state index contributed by atoms with van der Waals surface area (Å²) in [5, 5.41) is 9.61.